The van der Waals surface area contributed by atoms with Gasteiger partial charge in [-0.1, -0.05) is 30.3 Å². The molecule has 0 saturated carbocycles. The Balaban J connectivity index is 0.00000132. The predicted octanol–water partition coefficient (Wildman–Crippen LogP) is 3.03. The van der Waals surface area contributed by atoms with Gasteiger partial charge in [0.15, 0.2) is 0 Å². The zero-order chi connectivity index (χ0) is 14.7. The monoisotopic (exact) mass is 353 g/mol. The van der Waals surface area contributed by atoms with E-state index in [0.717, 1.165) is 30.8 Å². The maximum Gasteiger partial charge on any atom is 0.255 e. The summed E-state index contributed by atoms with van der Waals surface area (Å²) in [6.07, 6.45) is 3.46. The number of carbonyl (C=O) groups is 1. The number of pyridine rings is 1. The lowest BCUT2D eigenvalue weighted by atomic mass is 10.1. The summed E-state index contributed by atoms with van der Waals surface area (Å²) in [7, 11) is 0. The molecule has 1 N–H and O–H groups in total. The molecule has 1 aromatic heterocycles. The van der Waals surface area contributed by atoms with Crippen LogP contribution >= 0.6 is 24.8 Å². The topological polar surface area (TPSA) is 45.2 Å². The van der Waals surface area contributed by atoms with Crippen LogP contribution in [-0.2, 0) is 0 Å². The molecule has 23 heavy (non-hydrogen) atoms. The first-order chi connectivity index (χ1) is 10.3. The van der Waals surface area contributed by atoms with Crippen molar-refractivity contribution in [3.8, 4) is 11.1 Å². The van der Waals surface area contributed by atoms with Crippen LogP contribution in [-0.4, -0.2) is 41.5 Å². The fourth-order valence-corrected chi connectivity index (χ4v) is 2.65. The average molecular weight is 354 g/mol. The van der Waals surface area contributed by atoms with Crippen molar-refractivity contribution in [2.75, 3.05) is 19.6 Å². The Morgan fingerprint density at radius 3 is 2.61 bits per heavy atom. The number of aromatic nitrogens is 1. The molecule has 3 rings (SSSR count). The fourth-order valence-electron chi connectivity index (χ4n) is 2.65. The normalized spacial score (nSPS) is 16.9. The Morgan fingerprint density at radius 2 is 1.91 bits per heavy atom. The number of halogens is 2. The highest BCUT2D eigenvalue weighted by molar-refractivity contribution is 5.95. The van der Waals surface area contributed by atoms with E-state index in [-0.39, 0.29) is 36.8 Å². The molecule has 124 valence electrons. The minimum absolute atomic E-state index is 0. The van der Waals surface area contributed by atoms with Crippen LogP contribution in [0, 0.1) is 0 Å². The summed E-state index contributed by atoms with van der Waals surface area (Å²) in [5.41, 5.74) is 2.71. The highest BCUT2D eigenvalue weighted by Gasteiger charge is 2.24. The van der Waals surface area contributed by atoms with Crippen molar-refractivity contribution in [1.82, 2.24) is 15.2 Å². The Morgan fingerprint density at radius 1 is 1.17 bits per heavy atom. The van der Waals surface area contributed by atoms with Crippen LogP contribution in [0.4, 0.5) is 0 Å². The molecule has 2 aromatic rings. The van der Waals surface area contributed by atoms with Crippen molar-refractivity contribution < 1.29 is 4.79 Å². The van der Waals surface area contributed by atoms with Crippen LogP contribution in [0.25, 0.3) is 11.1 Å². The lowest BCUT2D eigenvalue weighted by molar-refractivity contribution is 0.0655. The molecule has 1 saturated heterocycles. The molecular formula is C17H21Cl2N3O. The number of piperazine rings is 1. The summed E-state index contributed by atoms with van der Waals surface area (Å²) >= 11 is 0. The Kier molecular flexibility index (Phi) is 7.49. The fraction of sp³-hybridized carbons (Fsp3) is 0.294. The van der Waals surface area contributed by atoms with Crippen molar-refractivity contribution in [2.45, 2.75) is 13.0 Å². The van der Waals surface area contributed by atoms with Gasteiger partial charge in [-0.2, -0.15) is 0 Å². The van der Waals surface area contributed by atoms with Crippen molar-refractivity contribution in [3.05, 3.63) is 54.4 Å². The van der Waals surface area contributed by atoms with Gasteiger partial charge in [0.05, 0.1) is 5.56 Å². The van der Waals surface area contributed by atoms with E-state index in [1.165, 1.54) is 0 Å². The number of amides is 1. The molecule has 1 aliphatic heterocycles. The predicted molar refractivity (Wildman–Crippen MR) is 97.5 cm³/mol. The van der Waals surface area contributed by atoms with Crippen LogP contribution in [0.1, 0.15) is 17.3 Å². The molecule has 0 aliphatic carbocycles. The zero-order valence-electron chi connectivity index (χ0n) is 12.9. The van der Waals surface area contributed by atoms with Gasteiger partial charge >= 0.3 is 0 Å². The summed E-state index contributed by atoms with van der Waals surface area (Å²) in [6.45, 7) is 4.51. The second kappa shape index (κ2) is 8.87. The quantitative estimate of drug-likeness (QED) is 0.902. The van der Waals surface area contributed by atoms with Crippen LogP contribution in [0.15, 0.2) is 48.8 Å². The van der Waals surface area contributed by atoms with E-state index in [2.05, 4.69) is 17.2 Å². The Hall–Kier alpha value is -1.62. The molecule has 1 atom stereocenters. The second-order valence-electron chi connectivity index (χ2n) is 5.38. The lowest BCUT2D eigenvalue weighted by Gasteiger charge is -2.34. The molecule has 0 spiro atoms. The van der Waals surface area contributed by atoms with Crippen LogP contribution in [0.5, 0.6) is 0 Å². The van der Waals surface area contributed by atoms with Crippen molar-refractivity contribution in [3.63, 3.8) is 0 Å². The largest absolute Gasteiger partial charge is 0.333 e. The number of hydrogen-bond acceptors (Lipinski definition) is 3. The summed E-state index contributed by atoms with van der Waals surface area (Å²) in [5.74, 6) is 0.0641. The molecular weight excluding hydrogens is 333 g/mol. The van der Waals surface area contributed by atoms with Gasteiger partial charge in [0.25, 0.3) is 5.91 Å². The first kappa shape index (κ1) is 19.4. The van der Waals surface area contributed by atoms with E-state index < -0.39 is 0 Å². The van der Waals surface area contributed by atoms with Crippen molar-refractivity contribution in [1.29, 1.82) is 0 Å². The Labute approximate surface area is 149 Å². The van der Waals surface area contributed by atoms with Gasteiger partial charge in [0, 0.05) is 43.6 Å². The SMILES string of the molecule is C[C@H]1CNCCN1C(=O)c1cncc(-c2ccccc2)c1.Cl.Cl. The summed E-state index contributed by atoms with van der Waals surface area (Å²) in [6, 6.07) is 12.2. The number of rotatable bonds is 2. The van der Waals surface area contributed by atoms with E-state index in [1.54, 1.807) is 12.4 Å². The zero-order valence-corrected chi connectivity index (χ0v) is 14.6. The highest BCUT2D eigenvalue weighted by atomic mass is 35.5. The van der Waals surface area contributed by atoms with Crippen LogP contribution in [0.2, 0.25) is 0 Å². The third-order valence-electron chi connectivity index (χ3n) is 3.85. The molecule has 2 heterocycles. The highest BCUT2D eigenvalue weighted by Crippen LogP contribution is 2.20. The number of benzene rings is 1. The number of hydrogen-bond donors (Lipinski definition) is 1. The van der Waals surface area contributed by atoms with E-state index in [0.29, 0.717) is 5.56 Å². The number of carbonyl (C=O) groups excluding carboxylic acids is 1. The average Bonchev–Trinajstić information content (AvgIpc) is 2.56. The molecule has 0 bridgehead atoms. The standard InChI is InChI=1S/C17H19N3O.2ClH/c1-13-10-18-7-8-20(13)17(21)16-9-15(11-19-12-16)14-5-3-2-4-6-14;;/h2-6,9,11-13,18H,7-8,10H2,1H3;2*1H/t13-;;/m0../s1. The first-order valence-corrected chi connectivity index (χ1v) is 7.28. The van der Waals surface area contributed by atoms with Gasteiger partial charge in [-0.25, -0.2) is 0 Å². The van der Waals surface area contributed by atoms with Gasteiger partial charge in [0.1, 0.15) is 0 Å². The van der Waals surface area contributed by atoms with Crippen molar-refractivity contribution >= 4 is 30.7 Å². The van der Waals surface area contributed by atoms with Crippen molar-refractivity contribution in [2.24, 2.45) is 0 Å². The molecule has 1 aliphatic rings. The lowest BCUT2D eigenvalue weighted by Crippen LogP contribution is -2.52. The third-order valence-corrected chi connectivity index (χ3v) is 3.85. The third kappa shape index (κ3) is 4.44. The van der Waals surface area contributed by atoms with Crippen LogP contribution in [0.3, 0.4) is 0 Å². The maximum atomic E-state index is 12.7. The minimum atomic E-state index is 0. The molecule has 1 fully saturated rings. The summed E-state index contributed by atoms with van der Waals surface area (Å²) in [5, 5.41) is 3.30. The van der Waals surface area contributed by atoms with E-state index >= 15 is 0 Å². The Bertz CT molecular complexity index is 637. The number of nitrogens with zero attached hydrogens (tertiary/aromatic N) is 2. The first-order valence-electron chi connectivity index (χ1n) is 7.28. The molecule has 6 heteroatoms. The molecule has 0 unspecified atom stereocenters. The van der Waals surface area contributed by atoms with E-state index in [1.807, 2.05) is 41.3 Å². The second-order valence-corrected chi connectivity index (χ2v) is 5.38. The minimum Gasteiger partial charge on any atom is -0.333 e. The van der Waals surface area contributed by atoms with E-state index in [9.17, 15) is 4.79 Å². The van der Waals surface area contributed by atoms with Crippen LogP contribution < -0.4 is 5.32 Å². The van der Waals surface area contributed by atoms with Gasteiger partial charge < -0.3 is 10.2 Å². The van der Waals surface area contributed by atoms with Gasteiger partial charge in [0.2, 0.25) is 0 Å². The van der Waals surface area contributed by atoms with Gasteiger partial charge in [-0.05, 0) is 18.6 Å². The maximum absolute atomic E-state index is 12.7. The van der Waals surface area contributed by atoms with Gasteiger partial charge in [-0.3, -0.25) is 9.78 Å². The van der Waals surface area contributed by atoms with Gasteiger partial charge in [-0.15, -0.1) is 24.8 Å². The molecule has 1 amide bonds. The van der Waals surface area contributed by atoms with E-state index in [4.69, 9.17) is 0 Å². The number of nitrogens with one attached hydrogen (secondary N) is 1. The molecule has 4 nitrogen and oxygen atoms in total. The summed E-state index contributed by atoms with van der Waals surface area (Å²) in [4.78, 5) is 18.8. The summed E-state index contributed by atoms with van der Waals surface area (Å²) < 4.78 is 0. The smallest absolute Gasteiger partial charge is 0.255 e. The molecule has 1 aromatic carbocycles. The molecule has 0 radical (unpaired) electrons.